The van der Waals surface area contributed by atoms with Gasteiger partial charge >= 0.3 is 0 Å². The predicted octanol–water partition coefficient (Wildman–Crippen LogP) is 3.78. The van der Waals surface area contributed by atoms with Gasteiger partial charge in [0.1, 0.15) is 5.69 Å². The monoisotopic (exact) mass is 383 g/mol. The number of alkyl halides is 2. The Labute approximate surface area is 147 Å². The standard InChI is InChI=1S/C16H12ClF2N3O2S/c17-11-3-1-10(2-4-11)15-9-14(16(18)19)21-22(15)12-5-7-13(8-6-12)25(20,23)24/h1-9,16H,(H2,20,23,24). The molecular formula is C16H12ClF2N3O2S. The fourth-order valence-corrected chi connectivity index (χ4v) is 2.95. The summed E-state index contributed by atoms with van der Waals surface area (Å²) in [5.74, 6) is 0. The van der Waals surface area contributed by atoms with Gasteiger partial charge in [0.2, 0.25) is 10.0 Å². The number of halogens is 3. The van der Waals surface area contributed by atoms with E-state index in [2.05, 4.69) is 5.10 Å². The fourth-order valence-electron chi connectivity index (χ4n) is 2.31. The van der Waals surface area contributed by atoms with Crippen molar-refractivity contribution >= 4 is 21.6 Å². The fraction of sp³-hybridized carbons (Fsp3) is 0.0625. The number of hydrogen-bond donors (Lipinski definition) is 1. The summed E-state index contributed by atoms with van der Waals surface area (Å²) in [5.41, 5.74) is 1.10. The second kappa shape index (κ2) is 6.55. The summed E-state index contributed by atoms with van der Waals surface area (Å²) in [6.45, 7) is 0. The van der Waals surface area contributed by atoms with Gasteiger partial charge in [-0.25, -0.2) is 27.0 Å². The molecule has 0 aliphatic heterocycles. The summed E-state index contributed by atoms with van der Waals surface area (Å²) in [5, 5.41) is 9.50. The smallest absolute Gasteiger partial charge is 0.233 e. The van der Waals surface area contributed by atoms with Crippen LogP contribution in [0.25, 0.3) is 16.9 Å². The molecule has 3 rings (SSSR count). The third-order valence-corrected chi connectivity index (χ3v) is 4.68. The zero-order valence-electron chi connectivity index (χ0n) is 12.6. The molecule has 0 bridgehead atoms. The highest BCUT2D eigenvalue weighted by atomic mass is 35.5. The molecule has 0 spiro atoms. The molecular weight excluding hydrogens is 372 g/mol. The van der Waals surface area contributed by atoms with Crippen LogP contribution in [0.1, 0.15) is 12.1 Å². The average molecular weight is 384 g/mol. The number of hydrogen-bond acceptors (Lipinski definition) is 3. The normalized spacial score (nSPS) is 11.9. The molecule has 0 aliphatic carbocycles. The van der Waals surface area contributed by atoms with Gasteiger partial charge in [-0.3, -0.25) is 0 Å². The lowest BCUT2D eigenvalue weighted by atomic mass is 10.1. The Morgan fingerprint density at radius 3 is 2.16 bits per heavy atom. The molecule has 0 unspecified atom stereocenters. The highest BCUT2D eigenvalue weighted by Crippen LogP contribution is 2.29. The van der Waals surface area contributed by atoms with E-state index in [1.54, 1.807) is 24.3 Å². The van der Waals surface area contributed by atoms with Crippen LogP contribution in [0.5, 0.6) is 0 Å². The van der Waals surface area contributed by atoms with E-state index >= 15 is 0 Å². The highest BCUT2D eigenvalue weighted by molar-refractivity contribution is 7.89. The van der Waals surface area contributed by atoms with Gasteiger partial charge in [0.25, 0.3) is 6.43 Å². The number of sulfonamides is 1. The van der Waals surface area contributed by atoms with Crippen molar-refractivity contribution in [2.24, 2.45) is 5.14 Å². The molecule has 0 amide bonds. The quantitative estimate of drug-likeness (QED) is 0.744. The van der Waals surface area contributed by atoms with Crippen LogP contribution in [0.4, 0.5) is 8.78 Å². The lowest BCUT2D eigenvalue weighted by Gasteiger charge is -2.08. The predicted molar refractivity (Wildman–Crippen MR) is 90.3 cm³/mol. The Morgan fingerprint density at radius 2 is 1.64 bits per heavy atom. The number of rotatable bonds is 4. The number of nitrogens with two attached hydrogens (primary N) is 1. The molecule has 0 aliphatic rings. The maximum atomic E-state index is 13.1. The first kappa shape index (κ1) is 17.5. The number of aromatic nitrogens is 2. The summed E-state index contributed by atoms with van der Waals surface area (Å²) >= 11 is 5.86. The van der Waals surface area contributed by atoms with Crippen molar-refractivity contribution < 1.29 is 17.2 Å². The molecule has 9 heteroatoms. The van der Waals surface area contributed by atoms with Gasteiger partial charge in [-0.05, 0) is 42.5 Å². The number of benzene rings is 2. The Bertz CT molecular complexity index is 1000. The Kier molecular flexibility index (Phi) is 4.59. The third kappa shape index (κ3) is 3.71. The molecule has 0 saturated heterocycles. The van der Waals surface area contributed by atoms with Crippen molar-refractivity contribution in [1.29, 1.82) is 0 Å². The summed E-state index contributed by atoms with van der Waals surface area (Å²) in [4.78, 5) is -0.0782. The van der Waals surface area contributed by atoms with Crippen molar-refractivity contribution in [3.05, 3.63) is 65.3 Å². The molecule has 0 saturated carbocycles. The zero-order chi connectivity index (χ0) is 18.2. The van der Waals surface area contributed by atoms with E-state index in [0.717, 1.165) is 0 Å². The van der Waals surface area contributed by atoms with Gasteiger partial charge in [0.05, 0.1) is 16.3 Å². The first-order valence-corrected chi connectivity index (χ1v) is 8.95. The van der Waals surface area contributed by atoms with E-state index in [-0.39, 0.29) is 10.6 Å². The van der Waals surface area contributed by atoms with E-state index in [9.17, 15) is 17.2 Å². The van der Waals surface area contributed by atoms with Gasteiger partial charge in [-0.2, -0.15) is 5.10 Å². The Morgan fingerprint density at radius 1 is 1.04 bits per heavy atom. The largest absolute Gasteiger partial charge is 0.282 e. The summed E-state index contributed by atoms with van der Waals surface area (Å²) in [7, 11) is -3.84. The molecule has 0 radical (unpaired) electrons. The van der Waals surface area contributed by atoms with Crippen molar-refractivity contribution in [1.82, 2.24) is 9.78 Å². The zero-order valence-corrected chi connectivity index (χ0v) is 14.2. The van der Waals surface area contributed by atoms with Crippen molar-refractivity contribution in [3.63, 3.8) is 0 Å². The summed E-state index contributed by atoms with van der Waals surface area (Å²) in [6, 6.07) is 13.4. The van der Waals surface area contributed by atoms with Crippen LogP contribution in [0.3, 0.4) is 0 Å². The van der Waals surface area contributed by atoms with Crippen LogP contribution in [0.2, 0.25) is 5.02 Å². The van der Waals surface area contributed by atoms with Gasteiger partial charge in [-0.15, -0.1) is 0 Å². The molecule has 0 atom stereocenters. The molecule has 5 nitrogen and oxygen atoms in total. The first-order valence-electron chi connectivity index (χ1n) is 7.03. The minimum Gasteiger partial charge on any atom is -0.233 e. The van der Waals surface area contributed by atoms with E-state index in [1.807, 2.05) is 0 Å². The van der Waals surface area contributed by atoms with Crippen LogP contribution in [-0.4, -0.2) is 18.2 Å². The van der Waals surface area contributed by atoms with Crippen LogP contribution >= 0.6 is 11.6 Å². The van der Waals surface area contributed by atoms with Crippen LogP contribution < -0.4 is 5.14 Å². The molecule has 0 fully saturated rings. The average Bonchev–Trinajstić information content (AvgIpc) is 3.00. The highest BCUT2D eigenvalue weighted by Gasteiger charge is 2.18. The third-order valence-electron chi connectivity index (χ3n) is 3.50. The Hall–Kier alpha value is -2.29. The van der Waals surface area contributed by atoms with Crippen molar-refractivity contribution in [2.75, 3.05) is 0 Å². The number of nitrogens with zero attached hydrogens (tertiary/aromatic N) is 2. The Balaban J connectivity index is 2.13. The van der Waals surface area contributed by atoms with Crippen LogP contribution in [0, 0.1) is 0 Å². The maximum Gasteiger partial charge on any atom is 0.282 e. The van der Waals surface area contributed by atoms with E-state index < -0.39 is 16.4 Å². The van der Waals surface area contributed by atoms with Crippen LogP contribution in [0.15, 0.2) is 59.5 Å². The topological polar surface area (TPSA) is 78.0 Å². The van der Waals surface area contributed by atoms with Gasteiger partial charge < -0.3 is 0 Å². The molecule has 1 aromatic heterocycles. The van der Waals surface area contributed by atoms with Gasteiger partial charge in [-0.1, -0.05) is 23.7 Å². The van der Waals surface area contributed by atoms with Crippen LogP contribution in [-0.2, 0) is 10.0 Å². The van der Waals surface area contributed by atoms with E-state index in [4.69, 9.17) is 16.7 Å². The van der Waals surface area contributed by atoms with Gasteiger partial charge in [0, 0.05) is 10.6 Å². The summed E-state index contributed by atoms with van der Waals surface area (Å²) in [6.07, 6.45) is -2.74. The first-order chi connectivity index (χ1) is 11.8. The molecule has 130 valence electrons. The lowest BCUT2D eigenvalue weighted by molar-refractivity contribution is 0.145. The minimum atomic E-state index is -3.84. The molecule has 3 aromatic rings. The second-order valence-corrected chi connectivity index (χ2v) is 7.21. The lowest BCUT2D eigenvalue weighted by Crippen LogP contribution is -2.12. The molecule has 25 heavy (non-hydrogen) atoms. The maximum absolute atomic E-state index is 13.1. The summed E-state index contributed by atoms with van der Waals surface area (Å²) < 4.78 is 50.2. The second-order valence-electron chi connectivity index (χ2n) is 5.21. The SMILES string of the molecule is NS(=O)(=O)c1ccc(-n2nc(C(F)F)cc2-c2ccc(Cl)cc2)cc1. The number of primary sulfonamides is 1. The van der Waals surface area contributed by atoms with Gasteiger partial charge in [0.15, 0.2) is 0 Å². The van der Waals surface area contributed by atoms with Crippen molar-refractivity contribution in [3.8, 4) is 16.9 Å². The molecule has 2 aromatic carbocycles. The molecule has 2 N–H and O–H groups in total. The van der Waals surface area contributed by atoms with E-state index in [1.165, 1.54) is 35.0 Å². The van der Waals surface area contributed by atoms with E-state index in [0.29, 0.717) is 22.0 Å². The molecule has 1 heterocycles. The minimum absolute atomic E-state index is 0.0782. The van der Waals surface area contributed by atoms with Crippen molar-refractivity contribution in [2.45, 2.75) is 11.3 Å².